The van der Waals surface area contributed by atoms with Gasteiger partial charge in [-0.25, -0.2) is 13.9 Å². The van der Waals surface area contributed by atoms with E-state index in [4.69, 9.17) is 13.7 Å². The van der Waals surface area contributed by atoms with Gasteiger partial charge < -0.3 is 13.7 Å². The number of hydrogen-bond donors (Lipinski definition) is 2. The maximum Gasteiger partial charge on any atom is 0.339 e. The molecule has 0 spiro atoms. The number of carbonyl (C=O) groups excluding carboxylic acids is 1. The number of ether oxygens (including phenoxy) is 2. The fourth-order valence-corrected chi connectivity index (χ4v) is 6.43. The van der Waals surface area contributed by atoms with Crippen LogP contribution < -0.4 is 19.1 Å². The summed E-state index contributed by atoms with van der Waals surface area (Å²) in [4.78, 5) is 12.3. The van der Waals surface area contributed by atoms with Crippen LogP contribution in [0.1, 0.15) is 11.1 Å². The molecule has 0 bridgehead atoms. The van der Waals surface area contributed by atoms with Crippen molar-refractivity contribution >= 4 is 26.0 Å². The molecule has 0 fully saturated rings. The van der Waals surface area contributed by atoms with Gasteiger partial charge in [0.2, 0.25) is 10.0 Å². The van der Waals surface area contributed by atoms with Crippen molar-refractivity contribution in [2.45, 2.75) is 28.8 Å². The van der Waals surface area contributed by atoms with E-state index in [1.165, 1.54) is 80.4 Å². The molecule has 13 heteroatoms. The summed E-state index contributed by atoms with van der Waals surface area (Å²) >= 11 is 0. The van der Waals surface area contributed by atoms with E-state index in [9.17, 15) is 26.8 Å². The lowest BCUT2D eigenvalue weighted by Gasteiger charge is -2.34. The van der Waals surface area contributed by atoms with Crippen molar-refractivity contribution in [2.24, 2.45) is 0 Å². The molecule has 4 rings (SSSR count). The first-order chi connectivity index (χ1) is 17.6. The predicted octanol–water partition coefficient (Wildman–Crippen LogP) is 2.09. The fourth-order valence-electron chi connectivity index (χ4n) is 3.94. The summed E-state index contributed by atoms with van der Waals surface area (Å²) in [6.07, 6.45) is -0.0530. The zero-order valence-electron chi connectivity index (χ0n) is 19.8. The molecular formula is C24H24N2O9S2. The molecule has 0 saturated heterocycles. The molecule has 37 heavy (non-hydrogen) atoms. The van der Waals surface area contributed by atoms with Gasteiger partial charge >= 0.3 is 10.1 Å². The van der Waals surface area contributed by atoms with Crippen molar-refractivity contribution in [3.8, 4) is 17.2 Å². The van der Waals surface area contributed by atoms with Gasteiger partial charge in [0.25, 0.3) is 5.91 Å². The van der Waals surface area contributed by atoms with E-state index in [0.717, 1.165) is 4.31 Å². The van der Waals surface area contributed by atoms with E-state index in [-0.39, 0.29) is 28.5 Å². The summed E-state index contributed by atoms with van der Waals surface area (Å²) < 4.78 is 68.8. The summed E-state index contributed by atoms with van der Waals surface area (Å²) in [5, 5.41) is 9.24. The Morgan fingerprint density at radius 1 is 0.838 bits per heavy atom. The highest BCUT2D eigenvalue weighted by molar-refractivity contribution is 7.89. The molecule has 11 nitrogen and oxygen atoms in total. The van der Waals surface area contributed by atoms with Crippen LogP contribution in [0.15, 0.2) is 76.5 Å². The van der Waals surface area contributed by atoms with Crippen molar-refractivity contribution in [3.05, 3.63) is 77.9 Å². The lowest BCUT2D eigenvalue weighted by atomic mass is 9.95. The average molecular weight is 549 g/mol. The number of hydroxylamine groups is 1. The van der Waals surface area contributed by atoms with E-state index in [2.05, 4.69) is 0 Å². The number of nitrogens with one attached hydrogen (secondary N) is 1. The van der Waals surface area contributed by atoms with Crippen LogP contribution >= 0.6 is 0 Å². The van der Waals surface area contributed by atoms with Gasteiger partial charge in [0.05, 0.1) is 19.1 Å². The van der Waals surface area contributed by atoms with Gasteiger partial charge in [0.15, 0.2) is 0 Å². The topological polar surface area (TPSA) is 149 Å². The van der Waals surface area contributed by atoms with E-state index < -0.39 is 32.1 Å². The third-order valence-electron chi connectivity index (χ3n) is 5.90. The standard InChI is InChI=1S/C24H24N2O9S2/c1-33-18-5-9-21(10-6-18)36(29,30)26-15-17-13-20(4-3-16(17)14-23(26)24(27)25-28)35-37(31,32)22-11-7-19(34-2)8-12-22/h3-13,23,28H,14-15H2,1-2H3,(H,25,27)/t23-/m1/s1. The minimum Gasteiger partial charge on any atom is -0.497 e. The minimum absolute atomic E-state index is 0.0265. The van der Waals surface area contributed by atoms with Crippen LogP contribution in [0.3, 0.4) is 0 Å². The molecule has 1 aliphatic heterocycles. The Labute approximate surface area is 214 Å². The van der Waals surface area contributed by atoms with E-state index >= 15 is 0 Å². The monoisotopic (exact) mass is 548 g/mol. The maximum absolute atomic E-state index is 13.5. The summed E-state index contributed by atoms with van der Waals surface area (Å²) in [6, 6.07) is 14.4. The Morgan fingerprint density at radius 2 is 1.38 bits per heavy atom. The number of benzene rings is 3. The quantitative estimate of drug-likeness (QED) is 0.245. The first kappa shape index (κ1) is 26.4. The number of methoxy groups -OCH3 is 2. The number of nitrogens with zero attached hydrogens (tertiary/aromatic N) is 1. The van der Waals surface area contributed by atoms with Crippen LogP contribution in [-0.4, -0.2) is 52.5 Å². The van der Waals surface area contributed by atoms with Crippen LogP contribution in [0.25, 0.3) is 0 Å². The summed E-state index contributed by atoms with van der Waals surface area (Å²) in [5.74, 6) is 0.00591. The highest BCUT2D eigenvalue weighted by Gasteiger charge is 2.40. The average Bonchev–Trinajstić information content (AvgIpc) is 2.91. The molecule has 3 aromatic rings. The molecule has 2 N–H and O–H groups in total. The molecule has 3 aromatic carbocycles. The van der Waals surface area contributed by atoms with Gasteiger partial charge in [-0.3, -0.25) is 10.0 Å². The number of fused-ring (bicyclic) bond motifs is 1. The molecule has 196 valence electrons. The maximum atomic E-state index is 13.5. The summed E-state index contributed by atoms with van der Waals surface area (Å²) in [7, 11) is -5.47. The SMILES string of the molecule is COc1ccc(S(=O)(=O)Oc2ccc3c(c2)CN(S(=O)(=O)c2ccc(OC)cc2)[C@@H](C(=O)NO)C3)cc1. The van der Waals surface area contributed by atoms with Gasteiger partial charge in [-0.15, -0.1) is 0 Å². The molecule has 0 aliphatic carbocycles. The van der Waals surface area contributed by atoms with E-state index in [1.54, 1.807) is 6.07 Å². The zero-order valence-corrected chi connectivity index (χ0v) is 21.5. The molecule has 0 radical (unpaired) electrons. The summed E-state index contributed by atoms with van der Waals surface area (Å²) in [5.41, 5.74) is 2.57. The third-order valence-corrected chi connectivity index (χ3v) is 9.03. The van der Waals surface area contributed by atoms with Crippen molar-refractivity contribution in [3.63, 3.8) is 0 Å². The Balaban J connectivity index is 1.66. The molecule has 0 aromatic heterocycles. The lowest BCUT2D eigenvalue weighted by molar-refractivity contribution is -0.133. The van der Waals surface area contributed by atoms with Gasteiger partial charge in [-0.1, -0.05) is 6.07 Å². The van der Waals surface area contributed by atoms with E-state index in [1.807, 2.05) is 0 Å². The third kappa shape index (κ3) is 5.39. The Hall–Kier alpha value is -3.65. The first-order valence-corrected chi connectivity index (χ1v) is 13.7. The number of carbonyl (C=O) groups is 1. The highest BCUT2D eigenvalue weighted by Crippen LogP contribution is 2.33. The van der Waals surface area contributed by atoms with Crippen LogP contribution in [0.5, 0.6) is 17.2 Å². The number of rotatable bonds is 8. The van der Waals surface area contributed by atoms with Crippen molar-refractivity contribution in [1.82, 2.24) is 9.79 Å². The van der Waals surface area contributed by atoms with Crippen LogP contribution in [0, 0.1) is 0 Å². The second-order valence-electron chi connectivity index (χ2n) is 8.07. The summed E-state index contributed by atoms with van der Waals surface area (Å²) in [6.45, 7) is -0.262. The molecule has 1 atom stereocenters. The van der Waals surface area contributed by atoms with Crippen molar-refractivity contribution in [2.75, 3.05) is 14.2 Å². The molecule has 1 aliphatic rings. The van der Waals surface area contributed by atoms with Crippen LogP contribution in [0.4, 0.5) is 0 Å². The molecule has 0 unspecified atom stereocenters. The van der Waals surface area contributed by atoms with Crippen molar-refractivity contribution in [1.29, 1.82) is 0 Å². The number of hydrogen-bond acceptors (Lipinski definition) is 9. The second kappa shape index (κ2) is 10.4. The fraction of sp³-hybridized carbons (Fsp3) is 0.208. The van der Waals surface area contributed by atoms with Crippen LogP contribution in [0.2, 0.25) is 0 Å². The zero-order chi connectivity index (χ0) is 26.8. The lowest BCUT2D eigenvalue weighted by Crippen LogP contribution is -2.51. The number of sulfonamides is 1. The van der Waals surface area contributed by atoms with E-state index in [0.29, 0.717) is 22.6 Å². The molecule has 1 heterocycles. The first-order valence-electron chi connectivity index (χ1n) is 10.9. The van der Waals surface area contributed by atoms with Gasteiger partial charge in [0, 0.05) is 6.54 Å². The number of amides is 1. The smallest absolute Gasteiger partial charge is 0.339 e. The highest BCUT2D eigenvalue weighted by atomic mass is 32.2. The van der Waals surface area contributed by atoms with Gasteiger partial charge in [0.1, 0.15) is 28.2 Å². The molecule has 0 saturated carbocycles. The predicted molar refractivity (Wildman–Crippen MR) is 130 cm³/mol. The second-order valence-corrected chi connectivity index (χ2v) is 11.5. The largest absolute Gasteiger partial charge is 0.497 e. The van der Waals surface area contributed by atoms with Gasteiger partial charge in [-0.05, 0) is 78.2 Å². The van der Waals surface area contributed by atoms with Gasteiger partial charge in [-0.2, -0.15) is 12.7 Å². The molecular weight excluding hydrogens is 524 g/mol. The Morgan fingerprint density at radius 3 is 1.92 bits per heavy atom. The van der Waals surface area contributed by atoms with Crippen molar-refractivity contribution < 1.29 is 40.5 Å². The Bertz CT molecular complexity index is 1500. The Kier molecular flexibility index (Phi) is 7.41. The molecule has 1 amide bonds. The minimum atomic E-state index is -4.20. The van der Waals surface area contributed by atoms with Crippen LogP contribution in [-0.2, 0) is 37.9 Å². The normalized spacial score (nSPS) is 15.9.